The third-order valence-corrected chi connectivity index (χ3v) is 5.76. The lowest BCUT2D eigenvalue weighted by Crippen LogP contribution is -2.31. The van der Waals surface area contributed by atoms with Gasteiger partial charge in [0.1, 0.15) is 24.8 Å². The fourth-order valence-corrected chi connectivity index (χ4v) is 4.01. The van der Waals surface area contributed by atoms with Crippen LogP contribution >= 0.6 is 0 Å². The quantitative estimate of drug-likeness (QED) is 0.464. The molecule has 0 spiro atoms. The molecule has 2 aromatic heterocycles. The molecule has 3 rings (SSSR count). The minimum Gasteiger partial charge on any atom is -0.491 e. The van der Waals surface area contributed by atoms with E-state index in [2.05, 4.69) is 0 Å². The van der Waals surface area contributed by atoms with E-state index in [9.17, 15) is 14.0 Å². The molecule has 1 aromatic carbocycles. The molecular formula is C25H31FN4O3. The molecule has 0 aliphatic heterocycles. The number of benzene rings is 1. The van der Waals surface area contributed by atoms with Crippen molar-refractivity contribution in [2.24, 2.45) is 0 Å². The first-order valence-electron chi connectivity index (χ1n) is 11.2. The van der Waals surface area contributed by atoms with E-state index < -0.39 is 6.67 Å². The van der Waals surface area contributed by atoms with Crippen molar-refractivity contribution in [3.8, 4) is 17.0 Å². The molecule has 1 amide bonds. The number of rotatable bonds is 10. The van der Waals surface area contributed by atoms with Gasteiger partial charge in [-0.2, -0.15) is 5.10 Å². The van der Waals surface area contributed by atoms with E-state index in [-0.39, 0.29) is 31.1 Å². The number of amides is 1. The van der Waals surface area contributed by atoms with E-state index in [1.165, 1.54) is 0 Å². The third kappa shape index (κ3) is 5.21. The summed E-state index contributed by atoms with van der Waals surface area (Å²) in [5.41, 5.74) is 5.26. The first-order chi connectivity index (χ1) is 15.8. The SMILES string of the molecule is CCN(CC)C(=O)Cc1c(-c2ccc(OCCF)cc2)nn2c(C)c(CC(C)=O)c(C)nc12. The highest BCUT2D eigenvalue weighted by molar-refractivity contribution is 5.85. The Labute approximate surface area is 193 Å². The molecule has 0 radical (unpaired) electrons. The van der Waals surface area contributed by atoms with Gasteiger partial charge in [0, 0.05) is 47.6 Å². The summed E-state index contributed by atoms with van der Waals surface area (Å²) in [4.78, 5) is 31.4. The van der Waals surface area contributed by atoms with Crippen molar-refractivity contribution < 1.29 is 18.7 Å². The number of aryl methyl sites for hydroxylation is 2. The van der Waals surface area contributed by atoms with Crippen molar-refractivity contribution in [2.75, 3.05) is 26.4 Å². The van der Waals surface area contributed by atoms with Crippen LogP contribution in [0.4, 0.5) is 4.39 Å². The number of hydrogen-bond acceptors (Lipinski definition) is 5. The fourth-order valence-electron chi connectivity index (χ4n) is 4.01. The van der Waals surface area contributed by atoms with Crippen molar-refractivity contribution in [3.05, 3.63) is 46.8 Å². The summed E-state index contributed by atoms with van der Waals surface area (Å²) < 4.78 is 19.5. The standard InChI is InChI=1S/C25H31FN4O3/c1-6-29(7-2)23(32)15-22-24(19-8-10-20(11-9-19)33-13-12-26)28-30-18(5)21(14-16(3)31)17(4)27-25(22)30/h8-11H,6-7,12-15H2,1-5H3. The van der Waals surface area contributed by atoms with Crippen LogP contribution in [0.5, 0.6) is 5.75 Å². The molecule has 8 heteroatoms. The van der Waals surface area contributed by atoms with Gasteiger partial charge in [-0.25, -0.2) is 13.9 Å². The maximum Gasteiger partial charge on any atom is 0.227 e. The van der Waals surface area contributed by atoms with E-state index in [4.69, 9.17) is 14.8 Å². The van der Waals surface area contributed by atoms with E-state index in [0.717, 1.165) is 28.1 Å². The highest BCUT2D eigenvalue weighted by atomic mass is 19.1. The Morgan fingerprint density at radius 2 is 1.73 bits per heavy atom. The van der Waals surface area contributed by atoms with Crippen LogP contribution in [0.25, 0.3) is 16.9 Å². The van der Waals surface area contributed by atoms with Gasteiger partial charge in [-0.3, -0.25) is 9.59 Å². The maximum atomic E-state index is 13.0. The summed E-state index contributed by atoms with van der Waals surface area (Å²) in [6.07, 6.45) is 0.447. The number of ether oxygens (including phenoxy) is 1. The first-order valence-corrected chi connectivity index (χ1v) is 11.2. The van der Waals surface area contributed by atoms with E-state index in [1.807, 2.05) is 39.8 Å². The molecule has 0 saturated heterocycles. The van der Waals surface area contributed by atoms with Crippen LogP contribution in [-0.2, 0) is 22.4 Å². The third-order valence-electron chi connectivity index (χ3n) is 5.76. The number of fused-ring (bicyclic) bond motifs is 1. The average Bonchev–Trinajstić information content (AvgIpc) is 3.14. The highest BCUT2D eigenvalue weighted by Crippen LogP contribution is 2.30. The van der Waals surface area contributed by atoms with Gasteiger partial charge >= 0.3 is 0 Å². The predicted octanol–water partition coefficient (Wildman–Crippen LogP) is 3.90. The van der Waals surface area contributed by atoms with Gasteiger partial charge in [-0.15, -0.1) is 0 Å². The zero-order valence-electron chi connectivity index (χ0n) is 19.9. The Balaban J connectivity index is 2.16. The lowest BCUT2D eigenvalue weighted by molar-refractivity contribution is -0.130. The minimum atomic E-state index is -0.557. The number of carbonyl (C=O) groups is 2. The molecule has 0 unspecified atom stereocenters. The van der Waals surface area contributed by atoms with Crippen LogP contribution in [-0.4, -0.2) is 57.6 Å². The second-order valence-corrected chi connectivity index (χ2v) is 8.01. The number of aromatic nitrogens is 3. The number of likely N-dealkylation sites (N-methyl/N-ethyl adjacent to an activating group) is 1. The monoisotopic (exact) mass is 454 g/mol. The van der Waals surface area contributed by atoms with Crippen molar-refractivity contribution in [3.63, 3.8) is 0 Å². The van der Waals surface area contributed by atoms with Crippen LogP contribution in [0.15, 0.2) is 24.3 Å². The van der Waals surface area contributed by atoms with Crippen LogP contribution in [0.1, 0.15) is 43.3 Å². The summed E-state index contributed by atoms with van der Waals surface area (Å²) in [5, 5.41) is 4.82. The van der Waals surface area contributed by atoms with Crippen molar-refractivity contribution >= 4 is 17.3 Å². The molecule has 0 atom stereocenters. The highest BCUT2D eigenvalue weighted by Gasteiger charge is 2.23. The number of hydrogen-bond donors (Lipinski definition) is 0. The zero-order chi connectivity index (χ0) is 24.1. The number of ketones is 1. The maximum absolute atomic E-state index is 13.0. The lowest BCUT2D eigenvalue weighted by Gasteiger charge is -2.18. The van der Waals surface area contributed by atoms with Gasteiger partial charge in [0.15, 0.2) is 5.65 Å². The molecule has 3 aromatic rings. The van der Waals surface area contributed by atoms with Gasteiger partial charge in [-0.1, -0.05) is 0 Å². The molecule has 0 saturated carbocycles. The Hall–Kier alpha value is -3.29. The van der Waals surface area contributed by atoms with E-state index >= 15 is 0 Å². The first kappa shape index (κ1) is 24.4. The van der Waals surface area contributed by atoms with Gasteiger partial charge in [0.2, 0.25) is 5.91 Å². The number of carbonyl (C=O) groups excluding carboxylic acids is 2. The molecule has 0 bridgehead atoms. The van der Waals surface area contributed by atoms with Crippen LogP contribution < -0.4 is 4.74 Å². The van der Waals surface area contributed by atoms with E-state index in [0.29, 0.717) is 30.2 Å². The molecule has 33 heavy (non-hydrogen) atoms. The molecule has 0 N–H and O–H groups in total. The second kappa shape index (κ2) is 10.6. The van der Waals surface area contributed by atoms with Crippen LogP contribution in [0, 0.1) is 13.8 Å². The Kier molecular flexibility index (Phi) is 7.79. The van der Waals surface area contributed by atoms with Gasteiger partial charge in [0.05, 0.1) is 12.1 Å². The summed E-state index contributed by atoms with van der Waals surface area (Å²) in [7, 11) is 0. The normalized spacial score (nSPS) is 11.1. The molecular weight excluding hydrogens is 423 g/mol. The van der Waals surface area contributed by atoms with Crippen molar-refractivity contribution in [1.29, 1.82) is 0 Å². The van der Waals surface area contributed by atoms with Gasteiger partial charge in [0.25, 0.3) is 0 Å². The topological polar surface area (TPSA) is 76.8 Å². The number of Topliss-reactive ketones (excluding diaryl/α,β-unsaturated/α-hetero) is 1. The molecule has 7 nitrogen and oxygen atoms in total. The summed E-state index contributed by atoms with van der Waals surface area (Å²) in [6, 6.07) is 7.22. The smallest absolute Gasteiger partial charge is 0.227 e. The summed E-state index contributed by atoms with van der Waals surface area (Å²) >= 11 is 0. The van der Waals surface area contributed by atoms with Crippen molar-refractivity contribution in [1.82, 2.24) is 19.5 Å². The second-order valence-electron chi connectivity index (χ2n) is 8.01. The molecule has 0 aliphatic carbocycles. The molecule has 176 valence electrons. The van der Waals surface area contributed by atoms with Crippen LogP contribution in [0.3, 0.4) is 0 Å². The molecule has 0 fully saturated rings. The average molecular weight is 455 g/mol. The number of nitrogens with zero attached hydrogens (tertiary/aromatic N) is 4. The Morgan fingerprint density at radius 1 is 1.06 bits per heavy atom. The Morgan fingerprint density at radius 3 is 2.30 bits per heavy atom. The zero-order valence-corrected chi connectivity index (χ0v) is 19.9. The van der Waals surface area contributed by atoms with Crippen LogP contribution in [0.2, 0.25) is 0 Å². The fraction of sp³-hybridized carbons (Fsp3) is 0.440. The van der Waals surface area contributed by atoms with Gasteiger partial charge in [-0.05, 0) is 58.9 Å². The predicted molar refractivity (Wildman–Crippen MR) is 125 cm³/mol. The Bertz CT molecular complexity index is 1150. The molecule has 2 heterocycles. The van der Waals surface area contributed by atoms with E-state index in [1.54, 1.807) is 28.5 Å². The number of alkyl halides is 1. The van der Waals surface area contributed by atoms with Crippen molar-refractivity contribution in [2.45, 2.75) is 47.5 Å². The molecule has 0 aliphatic rings. The summed E-state index contributed by atoms with van der Waals surface area (Å²) in [5.74, 6) is 0.620. The largest absolute Gasteiger partial charge is 0.491 e. The minimum absolute atomic E-state index is 0.00134. The lowest BCUT2D eigenvalue weighted by atomic mass is 10.0. The van der Waals surface area contributed by atoms with Gasteiger partial charge < -0.3 is 9.64 Å². The summed E-state index contributed by atoms with van der Waals surface area (Å²) in [6.45, 7) is 9.95. The number of halogens is 1.